The molecule has 3 fully saturated rings. The molecule has 1 saturated carbocycles. The number of fused-ring (bicyclic) bond motifs is 4. The van der Waals surface area contributed by atoms with E-state index in [0.717, 1.165) is 4.90 Å². The molecule has 6 rings (SSSR count). The van der Waals surface area contributed by atoms with Crippen LogP contribution in [0.3, 0.4) is 0 Å². The molecule has 2 heterocycles. The molecule has 2 aliphatic heterocycles. The van der Waals surface area contributed by atoms with Crippen LogP contribution in [0.25, 0.3) is 0 Å². The van der Waals surface area contributed by atoms with Gasteiger partial charge in [0.05, 0.1) is 17.5 Å². The minimum Gasteiger partial charge on any atom is -0.508 e. The summed E-state index contributed by atoms with van der Waals surface area (Å²) >= 11 is 20.2. The van der Waals surface area contributed by atoms with Gasteiger partial charge in [0.15, 0.2) is 9.75 Å². The Bertz CT molecular complexity index is 1410. The van der Waals surface area contributed by atoms with Gasteiger partial charge in [0.1, 0.15) is 5.75 Å². The highest BCUT2D eigenvalue weighted by molar-refractivity contribution is 6.53. The van der Waals surface area contributed by atoms with Gasteiger partial charge in [-0.1, -0.05) is 35.4 Å². The minimum absolute atomic E-state index is 0.0238. The molecule has 37 heavy (non-hydrogen) atoms. The number of halogens is 3. The molecule has 0 spiro atoms. The van der Waals surface area contributed by atoms with E-state index < -0.39 is 45.2 Å². The Kier molecular flexibility index (Phi) is 5.33. The molecular formula is C27H21Cl3N2O5. The summed E-state index contributed by atoms with van der Waals surface area (Å²) in [6.45, 7) is 0. The maximum Gasteiger partial charge on any atom is 0.253 e. The zero-order valence-electron chi connectivity index (χ0n) is 19.5. The van der Waals surface area contributed by atoms with Crippen LogP contribution in [0.15, 0.2) is 60.2 Å². The Balaban J connectivity index is 1.50. The number of benzene rings is 2. The van der Waals surface area contributed by atoms with Gasteiger partial charge >= 0.3 is 0 Å². The molecule has 0 unspecified atom stereocenters. The van der Waals surface area contributed by atoms with E-state index >= 15 is 0 Å². The smallest absolute Gasteiger partial charge is 0.253 e. The maximum atomic E-state index is 13.8. The summed E-state index contributed by atoms with van der Waals surface area (Å²) in [6, 6.07) is 12.7. The number of nitrogens with zero attached hydrogens (tertiary/aromatic N) is 2. The first-order chi connectivity index (χ1) is 17.5. The van der Waals surface area contributed by atoms with Crippen LogP contribution in [0, 0.1) is 17.8 Å². The molecule has 2 aromatic rings. The van der Waals surface area contributed by atoms with Gasteiger partial charge in [-0.15, -0.1) is 23.2 Å². The second-order valence-electron chi connectivity index (χ2n) is 10.1. The third-order valence-electron chi connectivity index (χ3n) is 8.33. The van der Waals surface area contributed by atoms with Crippen LogP contribution in [0.2, 0.25) is 5.02 Å². The fraction of sp³-hybridized carbons (Fsp3) is 0.333. The van der Waals surface area contributed by atoms with Crippen LogP contribution >= 0.6 is 34.8 Å². The van der Waals surface area contributed by atoms with Gasteiger partial charge in [0.2, 0.25) is 11.8 Å². The first-order valence-electron chi connectivity index (χ1n) is 11.8. The standard InChI is InChI=1S/C27H21Cl3N2O5/c1-31-24(36)26(29)12-19-17(21(27(26,30)25(31)37)13-2-8-16(33)9-3-13)10-11-18-20(19)23(35)32(22(18)34)15-6-4-14(28)5-7-15/h2-10,18-21,33H,11-12H2,1H3/t18-,19+,20-,21-,26+,27-/m0/s1. The molecule has 2 aliphatic carbocycles. The highest BCUT2D eigenvalue weighted by Crippen LogP contribution is 2.65. The molecule has 2 saturated heterocycles. The fourth-order valence-electron chi connectivity index (χ4n) is 6.63. The maximum absolute atomic E-state index is 13.8. The Morgan fingerprint density at radius 1 is 0.892 bits per heavy atom. The summed E-state index contributed by atoms with van der Waals surface area (Å²) in [5.74, 6) is -4.79. The van der Waals surface area contributed by atoms with E-state index in [2.05, 4.69) is 0 Å². The predicted molar refractivity (Wildman–Crippen MR) is 138 cm³/mol. The molecule has 4 aliphatic rings. The molecule has 1 N–H and O–H groups in total. The number of hydrogen-bond acceptors (Lipinski definition) is 5. The molecule has 2 aromatic carbocycles. The number of aromatic hydroxyl groups is 1. The lowest BCUT2D eigenvalue weighted by Crippen LogP contribution is -2.60. The second kappa shape index (κ2) is 8.06. The molecule has 0 bridgehead atoms. The van der Waals surface area contributed by atoms with Crippen LogP contribution < -0.4 is 4.90 Å². The average Bonchev–Trinajstić information content (AvgIpc) is 3.20. The van der Waals surface area contributed by atoms with E-state index in [1.54, 1.807) is 36.4 Å². The van der Waals surface area contributed by atoms with Gasteiger partial charge in [-0.2, -0.15) is 0 Å². The Morgan fingerprint density at radius 3 is 2.19 bits per heavy atom. The van der Waals surface area contributed by atoms with Gasteiger partial charge in [-0.25, -0.2) is 0 Å². The molecule has 4 amide bonds. The van der Waals surface area contributed by atoms with E-state index in [0.29, 0.717) is 21.8 Å². The SMILES string of the molecule is CN1C(=O)[C@]2(Cl)C[C@@H]3C(=CC[C@@H]4C(=O)N(c5ccc(Cl)cc5)C(=O)[C@@H]43)[C@H](c3ccc(O)cc3)[C@]2(Cl)C1=O. The zero-order chi connectivity index (χ0) is 26.4. The van der Waals surface area contributed by atoms with Crippen molar-refractivity contribution in [1.29, 1.82) is 0 Å². The number of carbonyl (C=O) groups excluding carboxylic acids is 4. The van der Waals surface area contributed by atoms with Crippen molar-refractivity contribution in [2.24, 2.45) is 17.8 Å². The van der Waals surface area contributed by atoms with Gasteiger partial charge in [-0.05, 0) is 60.7 Å². The van der Waals surface area contributed by atoms with Crippen molar-refractivity contribution in [3.8, 4) is 5.75 Å². The monoisotopic (exact) mass is 558 g/mol. The quantitative estimate of drug-likeness (QED) is 0.337. The largest absolute Gasteiger partial charge is 0.508 e. The van der Waals surface area contributed by atoms with Crippen LogP contribution in [0.5, 0.6) is 5.75 Å². The number of hydrogen-bond donors (Lipinski definition) is 1. The van der Waals surface area contributed by atoms with Crippen molar-refractivity contribution in [2.45, 2.75) is 28.5 Å². The minimum atomic E-state index is -1.84. The molecule has 190 valence electrons. The Hall–Kier alpha value is -2.87. The first-order valence-corrected chi connectivity index (χ1v) is 13.0. The summed E-state index contributed by atoms with van der Waals surface area (Å²) in [5.41, 5.74) is 1.70. The lowest BCUT2D eigenvalue weighted by atomic mass is 9.56. The number of anilines is 1. The van der Waals surface area contributed by atoms with E-state index in [1.807, 2.05) is 6.08 Å². The molecule has 0 radical (unpaired) electrons. The number of allylic oxidation sites excluding steroid dienone is 2. The van der Waals surface area contributed by atoms with Gasteiger partial charge in [0.25, 0.3) is 11.8 Å². The number of amides is 4. The lowest BCUT2D eigenvalue weighted by molar-refractivity contribution is -0.138. The van der Waals surface area contributed by atoms with Crippen molar-refractivity contribution in [1.82, 2.24) is 4.90 Å². The molecular weight excluding hydrogens is 539 g/mol. The average molecular weight is 560 g/mol. The predicted octanol–water partition coefficient (Wildman–Crippen LogP) is 4.24. The van der Waals surface area contributed by atoms with Gasteiger partial charge in [0, 0.05) is 18.0 Å². The summed E-state index contributed by atoms with van der Waals surface area (Å²) in [7, 11) is 1.35. The van der Waals surface area contributed by atoms with Gasteiger partial charge in [-0.3, -0.25) is 29.0 Å². The van der Waals surface area contributed by atoms with Crippen molar-refractivity contribution >= 4 is 64.1 Å². The molecule has 0 aromatic heterocycles. The Labute approximate surface area is 227 Å². The second-order valence-corrected chi connectivity index (χ2v) is 11.8. The normalized spacial score (nSPS) is 34.9. The molecule has 7 nitrogen and oxygen atoms in total. The van der Waals surface area contributed by atoms with Crippen molar-refractivity contribution in [3.05, 3.63) is 70.8 Å². The van der Waals surface area contributed by atoms with E-state index in [-0.39, 0.29) is 30.4 Å². The third-order valence-corrected chi connectivity index (χ3v) is 9.99. The van der Waals surface area contributed by atoms with E-state index in [9.17, 15) is 24.3 Å². The lowest BCUT2D eigenvalue weighted by Gasteiger charge is -2.50. The molecule has 10 heteroatoms. The van der Waals surface area contributed by atoms with Crippen molar-refractivity contribution in [3.63, 3.8) is 0 Å². The number of likely N-dealkylation sites (tertiary alicyclic amines) is 1. The summed E-state index contributed by atoms with van der Waals surface area (Å²) in [5, 5.41) is 10.3. The summed E-state index contributed by atoms with van der Waals surface area (Å²) in [6.07, 6.45) is 2.08. The van der Waals surface area contributed by atoms with Crippen molar-refractivity contribution < 1.29 is 24.3 Å². The van der Waals surface area contributed by atoms with Crippen molar-refractivity contribution in [2.75, 3.05) is 11.9 Å². The van der Waals surface area contributed by atoms with Crippen LogP contribution in [0.1, 0.15) is 24.3 Å². The number of alkyl halides is 2. The topological polar surface area (TPSA) is 95.0 Å². The number of carbonyl (C=O) groups is 4. The van der Waals surface area contributed by atoms with Gasteiger partial charge < -0.3 is 5.11 Å². The summed E-state index contributed by atoms with van der Waals surface area (Å²) in [4.78, 5) is 52.6. The van der Waals surface area contributed by atoms with Crippen LogP contribution in [-0.2, 0) is 19.2 Å². The number of rotatable bonds is 2. The Morgan fingerprint density at radius 2 is 1.54 bits per heavy atom. The number of phenols is 1. The fourth-order valence-corrected chi connectivity index (χ4v) is 7.77. The number of imide groups is 2. The highest BCUT2D eigenvalue weighted by atomic mass is 35.5. The number of phenolic OH excluding ortho intramolecular Hbond substituents is 1. The van der Waals surface area contributed by atoms with E-state index in [4.69, 9.17) is 34.8 Å². The van der Waals surface area contributed by atoms with Crippen LogP contribution in [0.4, 0.5) is 5.69 Å². The van der Waals surface area contributed by atoms with Crippen LogP contribution in [-0.4, -0.2) is 50.4 Å². The molecule has 6 atom stereocenters. The van der Waals surface area contributed by atoms with E-state index in [1.165, 1.54) is 24.1 Å². The summed E-state index contributed by atoms with van der Waals surface area (Å²) < 4.78 is 0. The first kappa shape index (κ1) is 24.5. The third kappa shape index (κ3) is 3.08. The zero-order valence-corrected chi connectivity index (χ0v) is 21.8. The highest BCUT2D eigenvalue weighted by Gasteiger charge is 2.75.